The lowest BCUT2D eigenvalue weighted by atomic mass is 10.1. The molecule has 0 bridgehead atoms. The van der Waals surface area contributed by atoms with Crippen LogP contribution in [0.5, 0.6) is 0 Å². The molecule has 0 aliphatic heterocycles. The molecule has 2 aromatic carbocycles. The topological polar surface area (TPSA) is 94.2 Å². The minimum atomic E-state index is -4.94. The maximum absolute atomic E-state index is 14.0. The van der Waals surface area contributed by atoms with Crippen LogP contribution >= 0.6 is 0 Å². The molecule has 0 aliphatic carbocycles. The van der Waals surface area contributed by atoms with E-state index in [0.29, 0.717) is 27.8 Å². The number of halogens is 3. The van der Waals surface area contributed by atoms with Gasteiger partial charge in [-0.1, -0.05) is 29.8 Å². The Balaban J connectivity index is 2.14. The zero-order chi connectivity index (χ0) is 24.9. The molecule has 0 amide bonds. The number of aryl methyl sites for hydroxylation is 4. The van der Waals surface area contributed by atoms with Gasteiger partial charge in [0, 0.05) is 23.7 Å². The molecule has 3 rings (SSSR count). The maximum atomic E-state index is 14.0. The van der Waals surface area contributed by atoms with E-state index in [0.717, 1.165) is 5.56 Å². The van der Waals surface area contributed by atoms with E-state index in [4.69, 9.17) is 0 Å². The first-order valence-corrected chi connectivity index (χ1v) is 11.5. The number of nitro benzene ring substituents is 1. The first-order chi connectivity index (χ1) is 15.1. The predicted molar refractivity (Wildman–Crippen MR) is 119 cm³/mol. The molecule has 1 N–H and O–H groups in total. The highest BCUT2D eigenvalue weighted by molar-refractivity contribution is 7.89. The number of nitrogens with one attached hydrogen (secondary N) is 1. The van der Waals surface area contributed by atoms with Crippen molar-refractivity contribution >= 4 is 26.6 Å². The number of hydrogen-bond acceptors (Lipinski definition) is 4. The van der Waals surface area contributed by atoms with E-state index in [2.05, 4.69) is 0 Å². The Labute approximate surface area is 189 Å². The zero-order valence-corrected chi connectivity index (χ0v) is 19.6. The fraction of sp³-hybridized carbons (Fsp3) is 0.364. The lowest BCUT2D eigenvalue weighted by molar-refractivity contribution is -0.383. The van der Waals surface area contributed by atoms with Gasteiger partial charge in [-0.05, 0) is 51.3 Å². The number of sulfonamides is 1. The van der Waals surface area contributed by atoms with Crippen LogP contribution in [-0.2, 0) is 16.6 Å². The molecule has 0 aliphatic rings. The molecule has 7 nitrogen and oxygen atoms in total. The highest BCUT2D eigenvalue weighted by Crippen LogP contribution is 2.34. The van der Waals surface area contributed by atoms with Gasteiger partial charge in [0.25, 0.3) is 5.69 Å². The molecule has 11 heteroatoms. The van der Waals surface area contributed by atoms with Gasteiger partial charge >= 0.3 is 6.18 Å². The van der Waals surface area contributed by atoms with Crippen LogP contribution in [0.4, 0.5) is 18.9 Å². The van der Waals surface area contributed by atoms with Crippen molar-refractivity contribution in [3.63, 3.8) is 0 Å². The SMILES string of the molecule is Cc1cc(C)c(S(=O)(=O)NC(Cn2c(C)c(C)c3cccc([N+](=O)[O-])c32)C(F)(F)F)c(C)c1. The minimum absolute atomic E-state index is 0.0219. The third kappa shape index (κ3) is 4.60. The van der Waals surface area contributed by atoms with Crippen molar-refractivity contribution in [2.24, 2.45) is 0 Å². The van der Waals surface area contributed by atoms with Crippen molar-refractivity contribution < 1.29 is 26.5 Å². The van der Waals surface area contributed by atoms with Gasteiger partial charge in [-0.2, -0.15) is 17.9 Å². The summed E-state index contributed by atoms with van der Waals surface area (Å²) in [5.41, 5.74) is 2.09. The van der Waals surface area contributed by atoms with Crippen molar-refractivity contribution in [3.8, 4) is 0 Å². The number of benzene rings is 2. The highest BCUT2D eigenvalue weighted by Gasteiger charge is 2.43. The predicted octanol–water partition coefficient (Wildman–Crippen LogP) is 5.00. The van der Waals surface area contributed by atoms with Gasteiger partial charge in [0.05, 0.1) is 9.82 Å². The quantitative estimate of drug-likeness (QED) is 0.394. The first kappa shape index (κ1) is 24.7. The number of hydrogen-bond donors (Lipinski definition) is 1. The fourth-order valence-corrected chi connectivity index (χ4v) is 5.95. The Morgan fingerprint density at radius 2 is 1.67 bits per heavy atom. The number of para-hydroxylation sites is 1. The largest absolute Gasteiger partial charge is 0.406 e. The van der Waals surface area contributed by atoms with Gasteiger partial charge in [0.2, 0.25) is 10.0 Å². The summed E-state index contributed by atoms with van der Waals surface area (Å²) in [6, 6.07) is 4.93. The van der Waals surface area contributed by atoms with E-state index >= 15 is 0 Å². The van der Waals surface area contributed by atoms with Crippen molar-refractivity contribution in [3.05, 3.63) is 68.4 Å². The summed E-state index contributed by atoms with van der Waals surface area (Å²) in [5.74, 6) is 0. The fourth-order valence-electron chi connectivity index (χ4n) is 4.29. The molecule has 3 aromatic rings. The molecule has 0 radical (unpaired) electrons. The number of fused-ring (bicyclic) bond motifs is 1. The van der Waals surface area contributed by atoms with Crippen molar-refractivity contribution in [1.82, 2.24) is 9.29 Å². The van der Waals surface area contributed by atoms with E-state index in [9.17, 15) is 31.7 Å². The third-order valence-electron chi connectivity index (χ3n) is 5.76. The normalized spacial score (nSPS) is 13.5. The summed E-state index contributed by atoms with van der Waals surface area (Å²) < 4.78 is 71.2. The van der Waals surface area contributed by atoms with Crippen molar-refractivity contribution in [1.29, 1.82) is 0 Å². The molecule has 0 spiro atoms. The van der Waals surface area contributed by atoms with Crippen LogP contribution in [-0.4, -0.2) is 30.1 Å². The molecule has 0 saturated heterocycles. The van der Waals surface area contributed by atoms with E-state index in [1.54, 1.807) is 43.7 Å². The van der Waals surface area contributed by atoms with Gasteiger partial charge in [0.1, 0.15) is 11.6 Å². The lowest BCUT2D eigenvalue weighted by Gasteiger charge is -2.24. The van der Waals surface area contributed by atoms with Crippen LogP contribution in [0.1, 0.15) is 27.9 Å². The summed E-state index contributed by atoms with van der Waals surface area (Å²) in [4.78, 5) is 10.7. The number of nitrogens with zero attached hydrogens (tertiary/aromatic N) is 2. The third-order valence-corrected chi connectivity index (χ3v) is 7.54. The van der Waals surface area contributed by atoms with Crippen LogP contribution in [0.3, 0.4) is 0 Å². The smallest absolute Gasteiger partial charge is 0.337 e. The van der Waals surface area contributed by atoms with E-state index in [-0.39, 0.29) is 16.1 Å². The van der Waals surface area contributed by atoms with Crippen LogP contribution in [0.2, 0.25) is 0 Å². The summed E-state index contributed by atoms with van der Waals surface area (Å²) >= 11 is 0. The maximum Gasteiger partial charge on any atom is 0.406 e. The summed E-state index contributed by atoms with van der Waals surface area (Å²) in [6.45, 7) is 7.16. The van der Waals surface area contributed by atoms with Gasteiger partial charge in [-0.25, -0.2) is 8.42 Å². The monoisotopic (exact) mass is 483 g/mol. The van der Waals surface area contributed by atoms with Crippen LogP contribution in [0.15, 0.2) is 35.2 Å². The van der Waals surface area contributed by atoms with Gasteiger partial charge < -0.3 is 4.57 Å². The minimum Gasteiger partial charge on any atom is -0.337 e. The van der Waals surface area contributed by atoms with Crippen molar-refractivity contribution in [2.75, 3.05) is 0 Å². The van der Waals surface area contributed by atoms with E-state index < -0.39 is 33.7 Å². The molecule has 1 aromatic heterocycles. The average molecular weight is 484 g/mol. The highest BCUT2D eigenvalue weighted by atomic mass is 32.2. The Hall–Kier alpha value is -2.92. The van der Waals surface area contributed by atoms with Gasteiger partial charge in [0.15, 0.2) is 0 Å². The van der Waals surface area contributed by atoms with Crippen LogP contribution < -0.4 is 4.72 Å². The second kappa shape index (κ2) is 8.45. The number of alkyl halides is 3. The zero-order valence-electron chi connectivity index (χ0n) is 18.7. The second-order valence-corrected chi connectivity index (χ2v) is 9.85. The average Bonchev–Trinajstić information content (AvgIpc) is 2.90. The molecule has 1 atom stereocenters. The number of nitro groups is 1. The molecular formula is C22H24F3N3O4S. The molecular weight excluding hydrogens is 459 g/mol. The Kier molecular flexibility index (Phi) is 6.33. The molecule has 0 fully saturated rings. The number of non-ortho nitro benzene ring substituents is 1. The second-order valence-electron chi connectivity index (χ2n) is 8.19. The summed E-state index contributed by atoms with van der Waals surface area (Å²) in [6.07, 6.45) is -4.94. The van der Waals surface area contributed by atoms with Gasteiger partial charge in [-0.15, -0.1) is 0 Å². The molecule has 0 saturated carbocycles. The molecule has 1 unspecified atom stereocenters. The molecule has 178 valence electrons. The van der Waals surface area contributed by atoms with E-state index in [1.807, 2.05) is 0 Å². The Bertz CT molecular complexity index is 1340. The van der Waals surface area contributed by atoms with Crippen LogP contribution in [0, 0.1) is 44.7 Å². The summed E-state index contributed by atoms with van der Waals surface area (Å²) in [7, 11) is -4.54. The Morgan fingerprint density at radius 1 is 1.09 bits per heavy atom. The Morgan fingerprint density at radius 3 is 2.18 bits per heavy atom. The number of rotatable bonds is 6. The van der Waals surface area contributed by atoms with E-state index in [1.165, 1.54) is 30.5 Å². The standard InChI is InChI=1S/C22H24F3N3O4S/c1-12-9-13(2)21(14(3)10-12)33(31,32)26-19(22(23,24)25)11-27-16(5)15(4)17-7-6-8-18(20(17)27)28(29)30/h6-10,19,26H,11H2,1-5H3. The number of aromatic nitrogens is 1. The lowest BCUT2D eigenvalue weighted by Crippen LogP contribution is -2.48. The van der Waals surface area contributed by atoms with Crippen LogP contribution in [0.25, 0.3) is 10.9 Å². The van der Waals surface area contributed by atoms with Gasteiger partial charge in [-0.3, -0.25) is 10.1 Å². The molecule has 1 heterocycles. The summed E-state index contributed by atoms with van der Waals surface area (Å²) in [5, 5.41) is 12.0. The van der Waals surface area contributed by atoms with Crippen molar-refractivity contribution in [2.45, 2.75) is 58.3 Å². The molecule has 33 heavy (non-hydrogen) atoms. The first-order valence-electron chi connectivity index (χ1n) is 10.0.